The molecule has 2 aromatic carbocycles. The minimum Gasteiger partial charge on any atom is -0.481 e. The van der Waals surface area contributed by atoms with E-state index in [9.17, 15) is 4.79 Å². The van der Waals surface area contributed by atoms with Crippen LogP contribution in [0.3, 0.4) is 0 Å². The van der Waals surface area contributed by atoms with Gasteiger partial charge in [-0.1, -0.05) is 33.6 Å². The number of aryl methyl sites for hydroxylation is 2. The van der Waals surface area contributed by atoms with Crippen LogP contribution in [0.2, 0.25) is 0 Å². The summed E-state index contributed by atoms with van der Waals surface area (Å²) in [6.07, 6.45) is -0.563. The van der Waals surface area contributed by atoms with E-state index in [1.165, 1.54) is 5.56 Å². The van der Waals surface area contributed by atoms with Gasteiger partial charge in [0.25, 0.3) is 5.91 Å². The Labute approximate surface area is 133 Å². The van der Waals surface area contributed by atoms with E-state index in [4.69, 9.17) is 4.74 Å². The maximum Gasteiger partial charge on any atom is 0.265 e. The number of halogens is 1. The molecule has 0 aliphatic heterocycles. The van der Waals surface area contributed by atoms with Crippen LogP contribution >= 0.6 is 15.9 Å². The van der Waals surface area contributed by atoms with E-state index in [0.29, 0.717) is 5.75 Å². The molecule has 0 fully saturated rings. The first-order valence-electron chi connectivity index (χ1n) is 6.76. The van der Waals surface area contributed by atoms with Crippen molar-refractivity contribution in [2.75, 3.05) is 5.32 Å². The standard InChI is InChI=1S/C17H18BrNO2/c1-11-4-9-16(12(2)10-11)19-17(20)13(3)21-15-7-5-14(18)6-8-15/h4-10,13H,1-3H3,(H,19,20)/t13-/m1/s1. The van der Waals surface area contributed by atoms with Gasteiger partial charge in [-0.25, -0.2) is 0 Å². The summed E-state index contributed by atoms with van der Waals surface area (Å²) < 4.78 is 6.61. The summed E-state index contributed by atoms with van der Waals surface area (Å²) >= 11 is 3.36. The monoisotopic (exact) mass is 347 g/mol. The number of ether oxygens (including phenoxy) is 1. The Hall–Kier alpha value is -1.81. The van der Waals surface area contributed by atoms with E-state index in [2.05, 4.69) is 21.2 Å². The highest BCUT2D eigenvalue weighted by Gasteiger charge is 2.15. The number of nitrogens with one attached hydrogen (secondary N) is 1. The van der Waals surface area contributed by atoms with E-state index in [-0.39, 0.29) is 5.91 Å². The fourth-order valence-electron chi connectivity index (χ4n) is 1.96. The van der Waals surface area contributed by atoms with Crippen LogP contribution in [-0.2, 0) is 4.79 Å². The van der Waals surface area contributed by atoms with Crippen molar-refractivity contribution in [3.8, 4) is 5.75 Å². The van der Waals surface area contributed by atoms with Crippen molar-refractivity contribution in [3.63, 3.8) is 0 Å². The Morgan fingerprint density at radius 2 is 1.81 bits per heavy atom. The van der Waals surface area contributed by atoms with E-state index in [0.717, 1.165) is 15.7 Å². The number of hydrogen-bond acceptors (Lipinski definition) is 2. The van der Waals surface area contributed by atoms with Crippen LogP contribution in [-0.4, -0.2) is 12.0 Å². The van der Waals surface area contributed by atoms with Crippen molar-refractivity contribution in [2.24, 2.45) is 0 Å². The summed E-state index contributed by atoms with van der Waals surface area (Å²) in [6.45, 7) is 5.74. The van der Waals surface area contributed by atoms with Crippen LogP contribution < -0.4 is 10.1 Å². The number of rotatable bonds is 4. The first-order valence-corrected chi connectivity index (χ1v) is 7.55. The molecule has 1 amide bonds. The van der Waals surface area contributed by atoms with Gasteiger partial charge in [0.2, 0.25) is 0 Å². The Balaban J connectivity index is 2.00. The first-order chi connectivity index (χ1) is 9.95. The Bertz CT molecular complexity index is 638. The molecule has 0 unspecified atom stereocenters. The molecule has 0 spiro atoms. The molecule has 0 bridgehead atoms. The summed E-state index contributed by atoms with van der Waals surface area (Å²) in [5, 5.41) is 2.90. The van der Waals surface area contributed by atoms with E-state index in [1.807, 2.05) is 56.3 Å². The molecule has 2 rings (SSSR count). The molecule has 0 aromatic heterocycles. The maximum absolute atomic E-state index is 12.2. The molecular weight excluding hydrogens is 330 g/mol. The molecule has 0 aliphatic rings. The van der Waals surface area contributed by atoms with Crippen molar-refractivity contribution in [2.45, 2.75) is 26.9 Å². The summed E-state index contributed by atoms with van der Waals surface area (Å²) in [6, 6.07) is 13.3. The van der Waals surface area contributed by atoms with Crippen LogP contribution in [0.15, 0.2) is 46.9 Å². The molecule has 2 aromatic rings. The zero-order chi connectivity index (χ0) is 15.4. The third-order valence-electron chi connectivity index (χ3n) is 3.14. The summed E-state index contributed by atoms with van der Waals surface area (Å²) in [5.41, 5.74) is 3.03. The molecule has 1 N–H and O–H groups in total. The van der Waals surface area contributed by atoms with Gasteiger partial charge in [0.05, 0.1) is 0 Å². The third-order valence-corrected chi connectivity index (χ3v) is 3.66. The highest BCUT2D eigenvalue weighted by molar-refractivity contribution is 9.10. The molecule has 4 heteroatoms. The molecule has 0 heterocycles. The molecule has 21 heavy (non-hydrogen) atoms. The van der Waals surface area contributed by atoms with Gasteiger partial charge in [0, 0.05) is 10.2 Å². The van der Waals surface area contributed by atoms with E-state index < -0.39 is 6.10 Å². The Kier molecular flexibility index (Phi) is 5.02. The summed E-state index contributed by atoms with van der Waals surface area (Å²) in [5.74, 6) is 0.506. The Morgan fingerprint density at radius 3 is 2.43 bits per heavy atom. The number of benzene rings is 2. The molecule has 1 atom stereocenters. The smallest absolute Gasteiger partial charge is 0.265 e. The van der Waals surface area contributed by atoms with Crippen molar-refractivity contribution in [3.05, 3.63) is 58.1 Å². The van der Waals surface area contributed by atoms with Crippen LogP contribution in [0.4, 0.5) is 5.69 Å². The average Bonchev–Trinajstić information content (AvgIpc) is 2.44. The number of hydrogen-bond donors (Lipinski definition) is 1. The van der Waals surface area contributed by atoms with E-state index >= 15 is 0 Å². The fraction of sp³-hybridized carbons (Fsp3) is 0.235. The van der Waals surface area contributed by atoms with Gasteiger partial charge >= 0.3 is 0 Å². The molecule has 0 saturated carbocycles. The molecule has 110 valence electrons. The van der Waals surface area contributed by atoms with Crippen molar-refractivity contribution >= 4 is 27.5 Å². The van der Waals surface area contributed by atoms with Crippen LogP contribution in [0.25, 0.3) is 0 Å². The molecule has 0 radical (unpaired) electrons. The van der Waals surface area contributed by atoms with Crippen LogP contribution in [0.1, 0.15) is 18.1 Å². The predicted octanol–water partition coefficient (Wildman–Crippen LogP) is 4.47. The number of amides is 1. The second-order valence-electron chi connectivity index (χ2n) is 5.02. The normalized spacial score (nSPS) is 11.8. The third kappa shape index (κ3) is 4.33. The highest BCUT2D eigenvalue weighted by Crippen LogP contribution is 2.19. The predicted molar refractivity (Wildman–Crippen MR) is 88.8 cm³/mol. The minimum absolute atomic E-state index is 0.162. The molecular formula is C17H18BrNO2. The van der Waals surface area contributed by atoms with E-state index in [1.54, 1.807) is 6.92 Å². The zero-order valence-electron chi connectivity index (χ0n) is 12.3. The van der Waals surface area contributed by atoms with Gasteiger partial charge in [-0.2, -0.15) is 0 Å². The molecule has 0 aliphatic carbocycles. The lowest BCUT2D eigenvalue weighted by Crippen LogP contribution is -2.30. The van der Waals surface area contributed by atoms with Gasteiger partial charge in [-0.15, -0.1) is 0 Å². The fourth-order valence-corrected chi connectivity index (χ4v) is 2.22. The van der Waals surface area contributed by atoms with Gasteiger partial charge in [-0.05, 0) is 56.7 Å². The molecule has 3 nitrogen and oxygen atoms in total. The first kappa shape index (κ1) is 15.6. The minimum atomic E-state index is -0.563. The SMILES string of the molecule is Cc1ccc(NC(=O)[C@@H](C)Oc2ccc(Br)cc2)c(C)c1. The van der Waals surface area contributed by atoms with Crippen LogP contribution in [0, 0.1) is 13.8 Å². The highest BCUT2D eigenvalue weighted by atomic mass is 79.9. The quantitative estimate of drug-likeness (QED) is 0.885. The zero-order valence-corrected chi connectivity index (χ0v) is 13.9. The van der Waals surface area contributed by atoms with Crippen LogP contribution in [0.5, 0.6) is 5.75 Å². The lowest BCUT2D eigenvalue weighted by molar-refractivity contribution is -0.122. The lowest BCUT2D eigenvalue weighted by Gasteiger charge is -2.16. The second kappa shape index (κ2) is 6.76. The Morgan fingerprint density at radius 1 is 1.14 bits per heavy atom. The largest absolute Gasteiger partial charge is 0.481 e. The van der Waals surface area contributed by atoms with Gasteiger partial charge < -0.3 is 10.1 Å². The van der Waals surface area contributed by atoms with Crippen molar-refractivity contribution < 1.29 is 9.53 Å². The topological polar surface area (TPSA) is 38.3 Å². The lowest BCUT2D eigenvalue weighted by atomic mass is 10.1. The number of carbonyl (C=O) groups excluding carboxylic acids is 1. The maximum atomic E-state index is 12.2. The number of carbonyl (C=O) groups is 1. The van der Waals surface area contributed by atoms with Gasteiger partial charge in [-0.3, -0.25) is 4.79 Å². The summed E-state index contributed by atoms with van der Waals surface area (Å²) in [4.78, 5) is 12.2. The number of anilines is 1. The van der Waals surface area contributed by atoms with Crippen molar-refractivity contribution in [1.29, 1.82) is 0 Å². The average molecular weight is 348 g/mol. The molecule has 0 saturated heterocycles. The van der Waals surface area contributed by atoms with Gasteiger partial charge in [0.15, 0.2) is 6.10 Å². The summed E-state index contributed by atoms with van der Waals surface area (Å²) in [7, 11) is 0. The van der Waals surface area contributed by atoms with Crippen molar-refractivity contribution in [1.82, 2.24) is 0 Å². The second-order valence-corrected chi connectivity index (χ2v) is 5.94. The van der Waals surface area contributed by atoms with Gasteiger partial charge in [0.1, 0.15) is 5.75 Å².